The largest absolute Gasteiger partial charge is 0.472 e. The van der Waals surface area contributed by atoms with E-state index < -0.39 is 38.5 Å². The molecule has 5 atom stereocenters. The molecule has 0 radical (unpaired) electrons. The van der Waals surface area contributed by atoms with Crippen molar-refractivity contribution < 1.29 is 33.5 Å². The van der Waals surface area contributed by atoms with Gasteiger partial charge in [0.05, 0.1) is 13.2 Å². The number of aliphatic hydroxyl groups excluding tert-OH is 2. The summed E-state index contributed by atoms with van der Waals surface area (Å²) in [7, 11) is -4.41. The van der Waals surface area contributed by atoms with Gasteiger partial charge in [-0.3, -0.25) is 14.0 Å². The number of ether oxygens (including phenoxy) is 1. The van der Waals surface area contributed by atoms with Crippen LogP contribution >= 0.6 is 19.6 Å². The Morgan fingerprint density at radius 2 is 1.67 bits per heavy atom. The van der Waals surface area contributed by atoms with Crippen LogP contribution in [-0.4, -0.2) is 79.5 Å². The Labute approximate surface area is 259 Å². The molecule has 1 aliphatic rings. The van der Waals surface area contributed by atoms with Gasteiger partial charge in [0, 0.05) is 0 Å². The summed E-state index contributed by atoms with van der Waals surface area (Å²) >= 11 is 1.81. The first kappa shape index (κ1) is 35.9. The van der Waals surface area contributed by atoms with Crippen molar-refractivity contribution in [3.05, 3.63) is 24.2 Å². The van der Waals surface area contributed by atoms with Crippen molar-refractivity contribution >= 4 is 37.6 Å². The fraction of sp³-hybridized carbons (Fsp3) is 0.759. The number of phosphoric acid groups is 1. The molecule has 244 valence electrons. The highest BCUT2D eigenvalue weighted by Gasteiger charge is 2.57. The number of unbranched alkanes of at least 4 members (excludes halogenated alkanes) is 11. The molecule has 14 heteroatoms. The van der Waals surface area contributed by atoms with Gasteiger partial charge in [-0.15, -0.1) is 0 Å². The summed E-state index contributed by atoms with van der Waals surface area (Å²) in [6.45, 7) is 5.33. The van der Waals surface area contributed by atoms with E-state index >= 15 is 0 Å². The summed E-state index contributed by atoms with van der Waals surface area (Å²) in [5.41, 5.74) is 4.78. The maximum Gasteiger partial charge on any atom is 0.472 e. The molecule has 3 heterocycles. The van der Waals surface area contributed by atoms with Crippen LogP contribution in [0.3, 0.4) is 0 Å². The Hall–Kier alpha value is -1.57. The molecule has 0 spiro atoms. The van der Waals surface area contributed by atoms with Gasteiger partial charge in [0.25, 0.3) is 0 Å². The topological polar surface area (TPSA) is 174 Å². The van der Waals surface area contributed by atoms with Crippen LogP contribution < -0.4 is 5.73 Å². The Morgan fingerprint density at radius 1 is 1.05 bits per heavy atom. The second-order valence-corrected chi connectivity index (χ2v) is 13.7. The lowest BCUT2D eigenvalue weighted by atomic mass is 10.0. The van der Waals surface area contributed by atoms with Gasteiger partial charge in [0.15, 0.2) is 5.82 Å². The summed E-state index contributed by atoms with van der Waals surface area (Å²) in [4.78, 5) is 18.0. The number of nitrogens with zero attached hydrogens (tertiary/aromatic N) is 4. The summed E-state index contributed by atoms with van der Waals surface area (Å²) in [5.74, 6) is 2.09. The van der Waals surface area contributed by atoms with E-state index in [4.69, 9.17) is 19.5 Å². The monoisotopic (exact) mass is 643 g/mol. The zero-order valence-electron chi connectivity index (χ0n) is 25.4. The highest BCUT2D eigenvalue weighted by molar-refractivity contribution is 7.99. The van der Waals surface area contributed by atoms with E-state index in [0.29, 0.717) is 11.9 Å². The predicted octanol–water partition coefficient (Wildman–Crippen LogP) is 5.24. The van der Waals surface area contributed by atoms with E-state index in [-0.39, 0.29) is 18.1 Å². The van der Waals surface area contributed by atoms with Crippen LogP contribution in [0.25, 0.3) is 5.52 Å². The highest BCUT2D eigenvalue weighted by Crippen LogP contribution is 2.46. The molecule has 2 aromatic rings. The first-order valence-electron chi connectivity index (χ1n) is 15.6. The van der Waals surface area contributed by atoms with Crippen LogP contribution in [0.4, 0.5) is 5.82 Å². The van der Waals surface area contributed by atoms with Gasteiger partial charge in [-0.25, -0.2) is 14.1 Å². The fourth-order valence-corrected chi connectivity index (χ4v) is 6.98. The number of hydrogen-bond acceptors (Lipinski definition) is 11. The fourth-order valence-electron chi connectivity index (χ4n) is 5.28. The van der Waals surface area contributed by atoms with Crippen molar-refractivity contribution in [3.8, 4) is 0 Å². The van der Waals surface area contributed by atoms with Gasteiger partial charge in [0.1, 0.15) is 35.8 Å². The molecular formula is C29H50N5O7PS. The third-order valence-corrected chi connectivity index (χ3v) is 9.89. The second-order valence-electron chi connectivity index (χ2n) is 11.1. The van der Waals surface area contributed by atoms with Crippen molar-refractivity contribution in [2.24, 2.45) is 4.99 Å². The molecule has 5 N–H and O–H groups in total. The van der Waals surface area contributed by atoms with Crippen molar-refractivity contribution in [3.63, 3.8) is 0 Å². The number of nitrogen functional groups attached to an aromatic ring is 1. The second kappa shape index (κ2) is 18.4. The number of aliphatic imine (C=N–C) groups is 1. The number of aromatic nitrogens is 3. The normalized spacial score (nSPS) is 23.6. The Morgan fingerprint density at radius 3 is 2.33 bits per heavy atom. The minimum atomic E-state index is -4.41. The summed E-state index contributed by atoms with van der Waals surface area (Å²) in [6.07, 6.45) is 13.5. The third kappa shape index (κ3) is 10.5. The smallest absolute Gasteiger partial charge is 0.387 e. The van der Waals surface area contributed by atoms with E-state index in [1.54, 1.807) is 12.1 Å². The van der Waals surface area contributed by atoms with Gasteiger partial charge in [-0.1, -0.05) is 77.6 Å². The molecule has 0 aromatic carbocycles. The number of hydrogen-bond donors (Lipinski definition) is 4. The van der Waals surface area contributed by atoms with Crippen LogP contribution in [0.5, 0.6) is 0 Å². The lowest BCUT2D eigenvalue weighted by Crippen LogP contribution is -2.40. The van der Waals surface area contributed by atoms with Crippen LogP contribution in [0, 0.1) is 0 Å². The molecule has 3 rings (SSSR count). The molecule has 0 amide bonds. The molecule has 0 bridgehead atoms. The van der Waals surface area contributed by atoms with Crippen molar-refractivity contribution in [2.75, 3.05) is 30.5 Å². The molecule has 0 saturated carbocycles. The maximum atomic E-state index is 12.4. The Kier molecular flexibility index (Phi) is 15.4. The van der Waals surface area contributed by atoms with Crippen LogP contribution in [-0.2, 0) is 24.1 Å². The molecule has 1 fully saturated rings. The molecule has 2 aromatic heterocycles. The number of fused-ring (bicyclic) bond motifs is 1. The van der Waals surface area contributed by atoms with Crippen LogP contribution in [0.1, 0.15) is 96.1 Å². The van der Waals surface area contributed by atoms with Gasteiger partial charge >= 0.3 is 7.82 Å². The predicted molar refractivity (Wildman–Crippen MR) is 170 cm³/mol. The lowest BCUT2D eigenvalue weighted by molar-refractivity contribution is -0.0946. The molecular weight excluding hydrogens is 593 g/mol. The number of rotatable bonds is 23. The van der Waals surface area contributed by atoms with E-state index in [1.807, 2.05) is 11.8 Å². The third-order valence-electron chi connectivity index (χ3n) is 7.75. The summed E-state index contributed by atoms with van der Waals surface area (Å²) < 4.78 is 29.9. The van der Waals surface area contributed by atoms with E-state index in [9.17, 15) is 19.7 Å². The first-order valence-corrected chi connectivity index (χ1v) is 18.2. The minimum absolute atomic E-state index is 0.0609. The van der Waals surface area contributed by atoms with E-state index in [1.165, 1.54) is 87.9 Å². The number of aliphatic hydroxyl groups is 2. The van der Waals surface area contributed by atoms with Gasteiger partial charge < -0.3 is 25.6 Å². The van der Waals surface area contributed by atoms with Gasteiger partial charge in [0.2, 0.25) is 5.72 Å². The number of thioether (sulfide) groups is 1. The molecule has 0 aliphatic carbocycles. The summed E-state index contributed by atoms with van der Waals surface area (Å²) in [6, 6.07) is 3.20. The van der Waals surface area contributed by atoms with Crippen molar-refractivity contribution in [1.82, 2.24) is 14.6 Å². The molecule has 1 saturated heterocycles. The van der Waals surface area contributed by atoms with Crippen LogP contribution in [0.15, 0.2) is 23.5 Å². The number of phosphoric ester groups is 1. The first-order chi connectivity index (χ1) is 20.8. The molecule has 1 unspecified atom stereocenters. The minimum Gasteiger partial charge on any atom is -0.387 e. The lowest BCUT2D eigenvalue weighted by Gasteiger charge is -2.27. The molecule has 12 nitrogen and oxygen atoms in total. The van der Waals surface area contributed by atoms with Crippen molar-refractivity contribution in [1.29, 1.82) is 0 Å². The average Bonchev–Trinajstić information content (AvgIpc) is 3.54. The average molecular weight is 644 g/mol. The highest BCUT2D eigenvalue weighted by atomic mass is 32.2. The van der Waals surface area contributed by atoms with Crippen LogP contribution in [0.2, 0.25) is 0 Å². The SMILES string of the molecule is C=N[C@@]1(c2ccc3c(N)ncnn23)O[C@H](COP(=O)(O)OCCCSCCCCCCCCCCCCCC)[C@@H](O)[C@H]1O. The van der Waals surface area contributed by atoms with Gasteiger partial charge in [-0.05, 0) is 43.2 Å². The van der Waals surface area contributed by atoms with Crippen molar-refractivity contribution in [2.45, 2.75) is 114 Å². The number of anilines is 1. The standard InChI is InChI=1S/C29H50N5O7PS/c1-3-4-5-6-7-8-9-10-11-12-13-14-19-43-20-15-18-39-42(37,38)40-21-24-26(35)27(36)29(31-2,41-24)25-17-16-23-28(30)32-22-33-34(23)25/h16-17,22,24,26-27,35-36H,2-15,18-21H2,1H3,(H,37,38)(H2,30,32,33)/t24-,26-,27-,29+/m1/s1. The summed E-state index contributed by atoms with van der Waals surface area (Å²) in [5, 5.41) is 25.6. The molecule has 1 aliphatic heterocycles. The van der Waals surface area contributed by atoms with E-state index in [0.717, 1.165) is 11.5 Å². The Bertz CT molecular complexity index is 1160. The Balaban J connectivity index is 1.28. The maximum absolute atomic E-state index is 12.4. The van der Waals surface area contributed by atoms with E-state index in [2.05, 4.69) is 28.7 Å². The van der Waals surface area contributed by atoms with Gasteiger partial charge in [-0.2, -0.15) is 16.9 Å². The zero-order valence-corrected chi connectivity index (χ0v) is 27.1. The quantitative estimate of drug-likeness (QED) is 0.0708. The number of nitrogens with two attached hydrogens (primary N) is 1. The molecule has 43 heavy (non-hydrogen) atoms. The zero-order chi connectivity index (χ0) is 31.1.